The number of piperidine rings is 1. The minimum Gasteiger partial charge on any atom is -0.355 e. The van der Waals surface area contributed by atoms with Gasteiger partial charge in [-0.2, -0.15) is 17.5 Å². The highest BCUT2D eigenvalue weighted by atomic mass is 32.2. The molecule has 7 nitrogen and oxygen atoms in total. The van der Waals surface area contributed by atoms with Crippen molar-refractivity contribution in [3.63, 3.8) is 0 Å². The zero-order valence-corrected chi connectivity index (χ0v) is 19.4. The molecule has 2 aliphatic rings. The van der Waals surface area contributed by atoms with Crippen molar-refractivity contribution in [3.8, 4) is 0 Å². The lowest BCUT2D eigenvalue weighted by Crippen LogP contribution is -2.53. The summed E-state index contributed by atoms with van der Waals surface area (Å²) in [5.41, 5.74) is -0.806. The number of amides is 1. The smallest absolute Gasteiger partial charge is 0.355 e. The number of rotatable bonds is 4. The van der Waals surface area contributed by atoms with Gasteiger partial charge in [0.1, 0.15) is 11.9 Å². The number of benzene rings is 1. The van der Waals surface area contributed by atoms with E-state index in [0.717, 1.165) is 18.7 Å². The lowest BCUT2D eigenvalue weighted by atomic mass is 10.0. The number of sulfonamides is 1. The van der Waals surface area contributed by atoms with Gasteiger partial charge < -0.3 is 9.80 Å². The SMILES string of the molecule is O=C(C1CCCCN1S(=O)(=O)c1ccccc1)N1CCCN(c2ccc(C(F)(F)F)cn2)CC1. The quantitative estimate of drug-likeness (QED) is 0.649. The van der Waals surface area contributed by atoms with Crippen molar-refractivity contribution in [1.29, 1.82) is 0 Å². The second-order valence-corrected chi connectivity index (χ2v) is 10.4. The standard InChI is InChI=1S/C23H27F3N4O3S/c24-23(25,26)18-10-11-21(27-17-18)28-12-6-13-29(16-15-28)22(31)20-9-4-5-14-30(20)34(32,33)19-7-2-1-3-8-19/h1-3,7-8,10-11,17,20H,4-6,9,12-16H2. The van der Waals surface area contributed by atoms with Crippen molar-refractivity contribution in [1.82, 2.24) is 14.2 Å². The summed E-state index contributed by atoms with van der Waals surface area (Å²) < 4.78 is 66.3. The molecule has 0 spiro atoms. The van der Waals surface area contributed by atoms with Gasteiger partial charge in [-0.05, 0) is 43.5 Å². The van der Waals surface area contributed by atoms with Gasteiger partial charge in [-0.15, -0.1) is 0 Å². The van der Waals surface area contributed by atoms with Crippen LogP contribution in [0.2, 0.25) is 0 Å². The zero-order valence-electron chi connectivity index (χ0n) is 18.6. The Hall–Kier alpha value is -2.66. The minimum atomic E-state index is -4.44. The Morgan fingerprint density at radius 3 is 2.35 bits per heavy atom. The van der Waals surface area contributed by atoms with Crippen LogP contribution in [-0.2, 0) is 21.0 Å². The minimum absolute atomic E-state index is 0.171. The van der Waals surface area contributed by atoms with Crippen molar-refractivity contribution in [2.75, 3.05) is 37.6 Å². The highest BCUT2D eigenvalue weighted by Crippen LogP contribution is 2.30. The molecular weight excluding hydrogens is 469 g/mol. The van der Waals surface area contributed by atoms with E-state index >= 15 is 0 Å². The summed E-state index contributed by atoms with van der Waals surface area (Å²) in [5, 5.41) is 0. The molecule has 2 aromatic rings. The Morgan fingerprint density at radius 1 is 0.912 bits per heavy atom. The zero-order chi connectivity index (χ0) is 24.3. The molecule has 3 heterocycles. The summed E-state index contributed by atoms with van der Waals surface area (Å²) in [7, 11) is -3.80. The van der Waals surface area contributed by atoms with Crippen LogP contribution in [0.5, 0.6) is 0 Å². The molecule has 184 valence electrons. The lowest BCUT2D eigenvalue weighted by molar-refractivity contribution is -0.138. The van der Waals surface area contributed by atoms with Crippen molar-refractivity contribution in [2.24, 2.45) is 0 Å². The van der Waals surface area contributed by atoms with Crippen LogP contribution in [-0.4, -0.2) is 67.3 Å². The van der Waals surface area contributed by atoms with Gasteiger partial charge in [-0.3, -0.25) is 4.79 Å². The molecule has 34 heavy (non-hydrogen) atoms. The predicted molar refractivity (Wildman–Crippen MR) is 121 cm³/mol. The number of aromatic nitrogens is 1. The van der Waals surface area contributed by atoms with E-state index in [1.54, 1.807) is 23.1 Å². The van der Waals surface area contributed by atoms with Gasteiger partial charge in [0.05, 0.1) is 10.5 Å². The summed E-state index contributed by atoms with van der Waals surface area (Å²) in [4.78, 5) is 21.1. The molecule has 0 aliphatic carbocycles. The molecular formula is C23H27F3N4O3S. The van der Waals surface area contributed by atoms with E-state index in [9.17, 15) is 26.4 Å². The van der Waals surface area contributed by atoms with Crippen molar-refractivity contribution >= 4 is 21.7 Å². The monoisotopic (exact) mass is 496 g/mol. The number of alkyl halides is 3. The molecule has 1 amide bonds. The largest absolute Gasteiger partial charge is 0.417 e. The van der Waals surface area contributed by atoms with Crippen LogP contribution in [0.4, 0.5) is 19.0 Å². The highest BCUT2D eigenvalue weighted by Gasteiger charge is 2.39. The van der Waals surface area contributed by atoms with E-state index in [1.807, 2.05) is 4.90 Å². The van der Waals surface area contributed by atoms with E-state index in [-0.39, 0.29) is 10.8 Å². The molecule has 11 heteroatoms. The van der Waals surface area contributed by atoms with Crippen LogP contribution in [0.15, 0.2) is 53.6 Å². The van der Waals surface area contributed by atoms with E-state index in [1.165, 1.54) is 22.5 Å². The fraction of sp³-hybridized carbons (Fsp3) is 0.478. The Labute approximate surface area is 197 Å². The number of carbonyl (C=O) groups excluding carboxylic acids is 1. The molecule has 2 aliphatic heterocycles. The molecule has 0 saturated carbocycles. The highest BCUT2D eigenvalue weighted by molar-refractivity contribution is 7.89. The lowest BCUT2D eigenvalue weighted by Gasteiger charge is -2.36. The first kappa shape index (κ1) is 24.5. The second-order valence-electron chi connectivity index (χ2n) is 8.51. The topological polar surface area (TPSA) is 73.8 Å². The fourth-order valence-corrected chi connectivity index (χ4v) is 6.16. The Balaban J connectivity index is 1.46. The van der Waals surface area contributed by atoms with Gasteiger partial charge in [-0.1, -0.05) is 24.6 Å². The molecule has 2 saturated heterocycles. The molecule has 2 fully saturated rings. The predicted octanol–water partition coefficient (Wildman–Crippen LogP) is 3.38. The summed E-state index contributed by atoms with van der Waals surface area (Å²) in [5.74, 6) is 0.203. The van der Waals surface area contributed by atoms with Crippen molar-refractivity contribution in [2.45, 2.75) is 42.8 Å². The number of anilines is 1. The molecule has 1 unspecified atom stereocenters. The molecule has 0 radical (unpaired) electrons. The first-order valence-electron chi connectivity index (χ1n) is 11.3. The van der Waals surface area contributed by atoms with Gasteiger partial charge >= 0.3 is 6.18 Å². The maximum atomic E-state index is 13.5. The summed E-state index contributed by atoms with van der Waals surface area (Å²) >= 11 is 0. The number of pyridine rings is 1. The van der Waals surface area contributed by atoms with Gasteiger partial charge in [0.25, 0.3) is 0 Å². The number of hydrogen-bond donors (Lipinski definition) is 0. The van der Waals surface area contributed by atoms with Gasteiger partial charge in [0.2, 0.25) is 15.9 Å². The average molecular weight is 497 g/mol. The normalized spacial score (nSPS) is 20.7. The molecule has 0 bridgehead atoms. The van der Waals surface area contributed by atoms with Crippen LogP contribution >= 0.6 is 0 Å². The average Bonchev–Trinajstić information content (AvgIpc) is 3.10. The summed E-state index contributed by atoms with van der Waals surface area (Å²) in [6.07, 6.45) is -1.09. The van der Waals surface area contributed by atoms with Crippen LogP contribution in [0.3, 0.4) is 0 Å². The Morgan fingerprint density at radius 2 is 1.68 bits per heavy atom. The van der Waals surface area contributed by atoms with Crippen LogP contribution < -0.4 is 4.90 Å². The number of hydrogen-bond acceptors (Lipinski definition) is 5. The number of carbonyl (C=O) groups is 1. The third-order valence-corrected chi connectivity index (χ3v) is 8.22. The van der Waals surface area contributed by atoms with Crippen LogP contribution in [0.25, 0.3) is 0 Å². The Kier molecular flexibility index (Phi) is 7.13. The maximum absolute atomic E-state index is 13.5. The number of halogens is 3. The van der Waals surface area contributed by atoms with Gasteiger partial charge in [0.15, 0.2) is 0 Å². The molecule has 4 rings (SSSR count). The van der Waals surface area contributed by atoms with Crippen LogP contribution in [0, 0.1) is 0 Å². The van der Waals surface area contributed by atoms with Crippen molar-refractivity contribution < 1.29 is 26.4 Å². The second kappa shape index (κ2) is 9.91. The van der Waals surface area contributed by atoms with Crippen molar-refractivity contribution in [3.05, 3.63) is 54.2 Å². The Bertz CT molecular complexity index is 1090. The molecule has 1 aromatic carbocycles. The molecule has 1 atom stereocenters. The fourth-order valence-electron chi connectivity index (χ4n) is 4.49. The maximum Gasteiger partial charge on any atom is 0.417 e. The molecule has 1 aromatic heterocycles. The van der Waals surface area contributed by atoms with Gasteiger partial charge in [-0.25, -0.2) is 13.4 Å². The molecule has 0 N–H and O–H groups in total. The third kappa shape index (κ3) is 5.20. The van der Waals surface area contributed by atoms with Gasteiger partial charge in [0, 0.05) is 38.9 Å². The van der Waals surface area contributed by atoms with E-state index < -0.39 is 27.8 Å². The first-order valence-corrected chi connectivity index (χ1v) is 12.8. The summed E-state index contributed by atoms with van der Waals surface area (Å²) in [6.45, 7) is 2.03. The van der Waals surface area contributed by atoms with Crippen LogP contribution in [0.1, 0.15) is 31.2 Å². The summed E-state index contributed by atoms with van der Waals surface area (Å²) in [6, 6.07) is 9.72. The van der Waals surface area contributed by atoms with E-state index in [2.05, 4.69) is 4.98 Å². The number of nitrogens with zero attached hydrogens (tertiary/aromatic N) is 4. The third-order valence-electron chi connectivity index (χ3n) is 6.30. The van der Waals surface area contributed by atoms with E-state index in [0.29, 0.717) is 57.8 Å². The first-order chi connectivity index (χ1) is 16.2. The van der Waals surface area contributed by atoms with E-state index in [4.69, 9.17) is 0 Å².